The Bertz CT molecular complexity index is 613. The Kier molecular flexibility index (Phi) is 3.61. The van der Waals surface area contributed by atoms with E-state index >= 15 is 0 Å². The molecule has 1 unspecified atom stereocenters. The van der Waals surface area contributed by atoms with Crippen molar-refractivity contribution in [2.75, 3.05) is 11.6 Å². The van der Waals surface area contributed by atoms with Gasteiger partial charge in [0.15, 0.2) is 0 Å². The monoisotopic (exact) mass is 356 g/mol. The largest absolute Gasteiger partial charge is 0.381 e. The molecule has 0 heterocycles. The Morgan fingerprint density at radius 1 is 1.30 bits per heavy atom. The molecule has 1 aromatic carbocycles. The molecule has 0 aromatic heterocycles. The Hall–Kier alpha value is -0.550. The van der Waals surface area contributed by atoms with E-state index in [0.717, 1.165) is 15.6 Å². The van der Waals surface area contributed by atoms with E-state index in [1.807, 2.05) is 12.1 Å². The van der Waals surface area contributed by atoms with Crippen LogP contribution in [0.1, 0.15) is 38.5 Å². The molecule has 2 fully saturated rings. The molecule has 1 spiro atoms. The number of nitrogens with one attached hydrogen (secondary N) is 2. The van der Waals surface area contributed by atoms with Crippen molar-refractivity contribution in [3.8, 4) is 0 Å². The molecule has 2 saturated carbocycles. The fourth-order valence-corrected chi connectivity index (χ4v) is 4.44. The van der Waals surface area contributed by atoms with Gasteiger partial charge in [-0.3, -0.25) is 0 Å². The molecule has 2 aliphatic rings. The van der Waals surface area contributed by atoms with Gasteiger partial charge >= 0.3 is 0 Å². The van der Waals surface area contributed by atoms with Crippen LogP contribution in [0.25, 0.3) is 0 Å². The van der Waals surface area contributed by atoms with Crippen molar-refractivity contribution in [2.24, 2.45) is 5.41 Å². The molecular formula is C15H21BrN2OS. The smallest absolute Gasteiger partial charge is 0.0697 e. The van der Waals surface area contributed by atoms with Crippen molar-refractivity contribution in [1.29, 1.82) is 4.78 Å². The fraction of sp³-hybridized carbons (Fsp3) is 0.600. The van der Waals surface area contributed by atoms with Crippen LogP contribution < -0.4 is 5.32 Å². The predicted octanol–water partition coefficient (Wildman–Crippen LogP) is 4.62. The maximum atomic E-state index is 11.7. The summed E-state index contributed by atoms with van der Waals surface area (Å²) in [5, 5.41) is 3.59. The van der Waals surface area contributed by atoms with Crippen molar-refractivity contribution in [2.45, 2.75) is 49.5 Å². The van der Waals surface area contributed by atoms with Crippen LogP contribution in [0.5, 0.6) is 0 Å². The number of rotatable bonds is 3. The number of hydrogen-bond donors (Lipinski definition) is 2. The summed E-state index contributed by atoms with van der Waals surface area (Å²) in [6.07, 6.45) is 9.54. The summed E-state index contributed by atoms with van der Waals surface area (Å²) < 4.78 is 20.3. The maximum absolute atomic E-state index is 11.7. The van der Waals surface area contributed by atoms with E-state index in [-0.39, 0.29) is 0 Å². The summed E-state index contributed by atoms with van der Waals surface area (Å²) in [5.41, 5.74) is 1.77. The molecule has 2 N–H and O–H groups in total. The van der Waals surface area contributed by atoms with Crippen LogP contribution in [0.2, 0.25) is 0 Å². The molecular weight excluding hydrogens is 336 g/mol. The van der Waals surface area contributed by atoms with E-state index in [4.69, 9.17) is 4.78 Å². The van der Waals surface area contributed by atoms with E-state index in [9.17, 15) is 4.21 Å². The van der Waals surface area contributed by atoms with E-state index in [1.54, 1.807) is 6.07 Å². The third kappa shape index (κ3) is 3.03. The highest BCUT2D eigenvalue weighted by atomic mass is 79.9. The zero-order valence-electron chi connectivity index (χ0n) is 11.7. The molecule has 2 aliphatic carbocycles. The highest BCUT2D eigenvalue weighted by Crippen LogP contribution is 2.56. The number of hydrogen-bond acceptors (Lipinski definition) is 3. The van der Waals surface area contributed by atoms with Crippen LogP contribution in [-0.2, 0) is 9.73 Å². The summed E-state index contributed by atoms with van der Waals surface area (Å²) >= 11 is 3.53. The minimum atomic E-state index is -2.64. The predicted molar refractivity (Wildman–Crippen MR) is 86.7 cm³/mol. The highest BCUT2D eigenvalue weighted by molar-refractivity contribution is 9.10. The molecule has 0 amide bonds. The van der Waals surface area contributed by atoms with Gasteiger partial charge in [-0.25, -0.2) is 8.99 Å². The maximum Gasteiger partial charge on any atom is 0.0697 e. The van der Waals surface area contributed by atoms with Crippen LogP contribution in [-0.4, -0.2) is 16.5 Å². The molecule has 5 heteroatoms. The normalized spacial score (nSPS) is 24.3. The molecule has 0 radical (unpaired) electrons. The minimum absolute atomic E-state index is 0.547. The van der Waals surface area contributed by atoms with E-state index in [0.29, 0.717) is 10.9 Å². The molecule has 0 saturated heterocycles. The lowest BCUT2D eigenvalue weighted by Crippen LogP contribution is -2.26. The molecule has 110 valence electrons. The minimum Gasteiger partial charge on any atom is -0.381 e. The molecule has 1 aromatic rings. The Labute approximate surface area is 129 Å². The zero-order valence-corrected chi connectivity index (χ0v) is 14.1. The standard InChI is InChI=1S/C15H21BrN2OS/c1-20(17,19)12-2-3-14(13(16)10-12)18-11-4-6-15(7-5-11)8-9-15/h2-3,10-11,17-18H,4-9H2,1H3. The lowest BCUT2D eigenvalue weighted by atomic mass is 9.83. The van der Waals surface area contributed by atoms with Gasteiger partial charge in [0.2, 0.25) is 0 Å². The average molecular weight is 357 g/mol. The summed E-state index contributed by atoms with van der Waals surface area (Å²) in [6, 6.07) is 6.10. The van der Waals surface area contributed by atoms with Gasteiger partial charge in [0, 0.05) is 27.4 Å². The third-order valence-electron chi connectivity index (χ3n) is 4.75. The summed E-state index contributed by atoms with van der Waals surface area (Å²) in [7, 11) is -2.64. The molecule has 0 bridgehead atoms. The Morgan fingerprint density at radius 3 is 2.45 bits per heavy atom. The van der Waals surface area contributed by atoms with Gasteiger partial charge in [-0.1, -0.05) is 0 Å². The van der Waals surface area contributed by atoms with Crippen molar-refractivity contribution in [3.63, 3.8) is 0 Å². The summed E-state index contributed by atoms with van der Waals surface area (Å²) in [4.78, 5) is 0.579. The first kappa shape index (κ1) is 14.4. The first-order valence-corrected chi connectivity index (χ1v) is 9.94. The Morgan fingerprint density at radius 2 is 1.95 bits per heavy atom. The number of benzene rings is 1. The van der Waals surface area contributed by atoms with Gasteiger partial charge in [0.05, 0.1) is 9.73 Å². The third-order valence-corrected chi connectivity index (χ3v) is 6.56. The summed E-state index contributed by atoms with van der Waals surface area (Å²) in [5.74, 6) is 0. The lowest BCUT2D eigenvalue weighted by molar-refractivity contribution is 0.317. The van der Waals surface area contributed by atoms with Gasteiger partial charge in [0.25, 0.3) is 0 Å². The zero-order chi connectivity index (χ0) is 14.4. The van der Waals surface area contributed by atoms with Gasteiger partial charge < -0.3 is 5.32 Å². The van der Waals surface area contributed by atoms with Gasteiger partial charge in [-0.15, -0.1) is 0 Å². The quantitative estimate of drug-likeness (QED) is 0.829. The average Bonchev–Trinajstić information content (AvgIpc) is 3.13. The second-order valence-corrected chi connectivity index (χ2v) is 9.42. The number of anilines is 1. The van der Waals surface area contributed by atoms with E-state index in [2.05, 4.69) is 21.2 Å². The second kappa shape index (κ2) is 5.02. The van der Waals surface area contributed by atoms with Gasteiger partial charge in [0.1, 0.15) is 0 Å². The van der Waals surface area contributed by atoms with Crippen LogP contribution >= 0.6 is 15.9 Å². The molecule has 0 aliphatic heterocycles. The molecule has 1 atom stereocenters. The molecule has 3 rings (SSSR count). The first-order chi connectivity index (χ1) is 9.38. The SMILES string of the molecule is CS(=N)(=O)c1ccc(NC2CCC3(CC2)CC3)c(Br)c1. The number of halogens is 1. The topological polar surface area (TPSA) is 53.0 Å². The molecule has 20 heavy (non-hydrogen) atoms. The van der Waals surface area contributed by atoms with Crippen molar-refractivity contribution in [3.05, 3.63) is 22.7 Å². The highest BCUT2D eigenvalue weighted by Gasteiger charge is 2.44. The van der Waals surface area contributed by atoms with Gasteiger partial charge in [-0.05, 0) is 78.1 Å². The van der Waals surface area contributed by atoms with Crippen molar-refractivity contribution >= 4 is 31.3 Å². The summed E-state index contributed by atoms with van der Waals surface area (Å²) in [6.45, 7) is 0. The van der Waals surface area contributed by atoms with Crippen LogP contribution in [0.3, 0.4) is 0 Å². The van der Waals surface area contributed by atoms with E-state index < -0.39 is 9.73 Å². The second-order valence-electron chi connectivity index (χ2n) is 6.40. The lowest BCUT2D eigenvalue weighted by Gasteiger charge is -2.30. The van der Waals surface area contributed by atoms with Crippen LogP contribution in [0.4, 0.5) is 5.69 Å². The Balaban J connectivity index is 1.68. The van der Waals surface area contributed by atoms with Crippen LogP contribution in [0.15, 0.2) is 27.6 Å². The first-order valence-electron chi connectivity index (χ1n) is 7.18. The van der Waals surface area contributed by atoms with Gasteiger partial charge in [-0.2, -0.15) is 0 Å². The molecule has 3 nitrogen and oxygen atoms in total. The van der Waals surface area contributed by atoms with Crippen molar-refractivity contribution in [1.82, 2.24) is 0 Å². The van der Waals surface area contributed by atoms with Crippen molar-refractivity contribution < 1.29 is 4.21 Å². The fourth-order valence-electron chi connectivity index (χ4n) is 3.13. The van der Waals surface area contributed by atoms with Crippen LogP contribution in [0, 0.1) is 10.2 Å². The van der Waals surface area contributed by atoms with E-state index in [1.165, 1.54) is 44.8 Å².